The van der Waals surface area contributed by atoms with Gasteiger partial charge in [0.1, 0.15) is 54.9 Å². The highest BCUT2D eigenvalue weighted by atomic mass is 35.5. The number of amides is 2. The summed E-state index contributed by atoms with van der Waals surface area (Å²) in [4.78, 5) is 28.2. The van der Waals surface area contributed by atoms with Crippen LogP contribution in [-0.4, -0.2) is 111 Å². The molecule has 0 spiro atoms. The lowest BCUT2D eigenvalue weighted by atomic mass is 9.38. The van der Waals surface area contributed by atoms with Crippen molar-refractivity contribution >= 4 is 89.2 Å². The van der Waals surface area contributed by atoms with Gasteiger partial charge in [-0.1, -0.05) is 11.6 Å². The van der Waals surface area contributed by atoms with Crippen LogP contribution >= 0.6 is 11.6 Å². The Kier molecular flexibility index (Phi) is 8.73. The van der Waals surface area contributed by atoms with E-state index in [0.717, 1.165) is 48.9 Å². The normalized spacial score (nSPS) is 15.3. The van der Waals surface area contributed by atoms with E-state index in [1.165, 1.54) is 0 Å². The number of piperidine rings is 1. The average molecular weight is 552 g/mol. The lowest BCUT2D eigenvalue weighted by Gasteiger charge is -2.47. The first-order valence-corrected chi connectivity index (χ1v) is 14.5. The van der Waals surface area contributed by atoms with Crippen LogP contribution in [0.15, 0.2) is 42.6 Å². The highest BCUT2D eigenvalue weighted by Crippen LogP contribution is 2.26. The summed E-state index contributed by atoms with van der Waals surface area (Å²) < 4.78 is 8.29. The van der Waals surface area contributed by atoms with Gasteiger partial charge in [-0.05, 0) is 78.3 Å². The van der Waals surface area contributed by atoms with Gasteiger partial charge >= 0.3 is 0 Å². The second-order valence-corrected chi connectivity index (χ2v) is 13.5. The lowest BCUT2D eigenvalue weighted by molar-refractivity contribution is 0.0480. The van der Waals surface area contributed by atoms with E-state index < -0.39 is 10.7 Å². The highest BCUT2D eigenvalue weighted by Gasteiger charge is 2.41. The molecular formula is C25H36B7ClN4O3. The topological polar surface area (TPSA) is 76.5 Å². The van der Waals surface area contributed by atoms with Crippen LogP contribution in [0.4, 0.5) is 0 Å². The molecular weight excluding hydrogens is 515 g/mol. The molecule has 15 heteroatoms. The lowest BCUT2D eigenvalue weighted by Crippen LogP contribution is -2.70. The van der Waals surface area contributed by atoms with E-state index in [1.807, 2.05) is 89.8 Å². The van der Waals surface area contributed by atoms with E-state index >= 15 is 0 Å². The van der Waals surface area contributed by atoms with Crippen LogP contribution in [0.1, 0.15) is 39.1 Å². The molecule has 7 nitrogen and oxygen atoms in total. The standard InChI is InChI=1S/C25H36B7ClN4O3/c1-14-18(21(38)34-23(26,27)24(28,29)40-25(30,31)32)6-7-20-19(14)13-37(35-20)12-15-8-10-36(11-9-15)22(39)16-2-4-17(33)5-3-16/h2-7,13,15H,8-12,26-32H2,1H3,(H,34,38). The van der Waals surface area contributed by atoms with Crippen LogP contribution < -0.4 is 5.32 Å². The zero-order valence-corrected chi connectivity index (χ0v) is 25.9. The van der Waals surface area contributed by atoms with Crippen LogP contribution in [0, 0.1) is 12.8 Å². The number of hydrogen-bond donors (Lipinski definition) is 1. The number of benzene rings is 2. The second-order valence-electron chi connectivity index (χ2n) is 13.1. The van der Waals surface area contributed by atoms with Crippen molar-refractivity contribution < 1.29 is 14.3 Å². The Morgan fingerprint density at radius 3 is 2.25 bits per heavy atom. The third kappa shape index (κ3) is 6.88. The summed E-state index contributed by atoms with van der Waals surface area (Å²) in [6.45, 7) is 4.21. The number of carbonyl (C=O) groups is 2. The number of nitrogens with zero attached hydrogens (tertiary/aromatic N) is 3. The van der Waals surface area contributed by atoms with Gasteiger partial charge in [-0.25, -0.2) is 0 Å². The molecule has 0 unspecified atom stereocenters. The van der Waals surface area contributed by atoms with Gasteiger partial charge in [-0.2, -0.15) is 5.10 Å². The molecule has 1 aromatic heterocycles. The number of hydrogen-bond acceptors (Lipinski definition) is 4. The van der Waals surface area contributed by atoms with Crippen molar-refractivity contribution in [3.05, 3.63) is 64.3 Å². The molecule has 1 fully saturated rings. The van der Waals surface area contributed by atoms with Gasteiger partial charge in [0, 0.05) is 52.8 Å². The molecule has 0 aliphatic carbocycles. The summed E-state index contributed by atoms with van der Waals surface area (Å²) in [6.07, 6.45) is 3.89. The van der Waals surface area contributed by atoms with Crippen molar-refractivity contribution in [2.75, 3.05) is 13.1 Å². The van der Waals surface area contributed by atoms with Crippen molar-refractivity contribution in [2.24, 2.45) is 5.92 Å². The Balaban J connectivity index is 1.41. The number of nitrogens with one attached hydrogen (secondary N) is 1. The van der Waals surface area contributed by atoms with Crippen molar-refractivity contribution in [1.82, 2.24) is 20.0 Å². The van der Waals surface area contributed by atoms with Crippen LogP contribution in [0.25, 0.3) is 10.9 Å². The monoisotopic (exact) mass is 552 g/mol. The minimum absolute atomic E-state index is 0.0536. The van der Waals surface area contributed by atoms with Crippen LogP contribution in [0.2, 0.25) is 5.02 Å². The molecule has 40 heavy (non-hydrogen) atoms. The smallest absolute Gasteiger partial charge is 0.253 e. The number of likely N-dealkylation sites (tertiary alicyclic amines) is 1. The molecule has 3 aromatic rings. The van der Waals surface area contributed by atoms with Crippen molar-refractivity contribution in [2.45, 2.75) is 42.3 Å². The van der Waals surface area contributed by atoms with Crippen LogP contribution in [0.3, 0.4) is 0 Å². The van der Waals surface area contributed by atoms with E-state index in [4.69, 9.17) is 21.4 Å². The number of rotatable bonds is 8. The third-order valence-corrected chi connectivity index (χ3v) is 8.43. The molecule has 1 aliphatic heterocycles. The molecule has 1 aliphatic rings. The minimum atomic E-state index is -0.604. The highest BCUT2D eigenvalue weighted by molar-refractivity contribution is 6.60. The molecule has 2 aromatic carbocycles. The molecule has 0 atom stereocenters. The van der Waals surface area contributed by atoms with Gasteiger partial charge in [0.05, 0.1) is 5.52 Å². The van der Waals surface area contributed by atoms with Gasteiger partial charge in [0.25, 0.3) is 11.8 Å². The van der Waals surface area contributed by atoms with Gasteiger partial charge < -0.3 is 15.0 Å². The molecule has 202 valence electrons. The van der Waals surface area contributed by atoms with E-state index in [-0.39, 0.29) is 17.1 Å². The predicted molar refractivity (Wildman–Crippen MR) is 181 cm³/mol. The molecule has 2 amide bonds. The van der Waals surface area contributed by atoms with E-state index in [9.17, 15) is 9.59 Å². The zero-order valence-electron chi connectivity index (χ0n) is 25.1. The summed E-state index contributed by atoms with van der Waals surface area (Å²) in [5.41, 5.74) is 3.10. The summed E-state index contributed by atoms with van der Waals surface area (Å²) in [7, 11) is 14.1. The first-order valence-electron chi connectivity index (χ1n) is 14.1. The minimum Gasteiger partial charge on any atom is -0.411 e. The first-order chi connectivity index (χ1) is 18.6. The predicted octanol–water partition coefficient (Wildman–Crippen LogP) is -3.35. The molecule has 2 heterocycles. The number of halogens is 1. The zero-order chi connectivity index (χ0) is 29.5. The first kappa shape index (κ1) is 30.5. The number of aryl methyl sites for hydroxylation is 1. The maximum Gasteiger partial charge on any atom is 0.253 e. The summed E-state index contributed by atoms with van der Waals surface area (Å²) in [6, 6.07) is 10.9. The van der Waals surface area contributed by atoms with Crippen molar-refractivity contribution in [1.29, 1.82) is 0 Å². The third-order valence-electron chi connectivity index (χ3n) is 8.18. The fourth-order valence-corrected chi connectivity index (χ4v) is 5.50. The maximum absolute atomic E-state index is 13.4. The number of fused-ring (bicyclic) bond motifs is 1. The quantitative estimate of drug-likeness (QED) is 0.297. The average Bonchev–Trinajstić information content (AvgIpc) is 3.26. The Bertz CT molecular complexity index is 1400. The Hall–Kier alpha value is -2.45. The van der Waals surface area contributed by atoms with Gasteiger partial charge in [0.2, 0.25) is 0 Å². The molecule has 1 N–H and O–H groups in total. The SMILES string of the molecule is BC(B)(B)OC(B)(B)C(B)(B)NC(=O)c1ccc2nn(CC3CCN(C(=O)c4ccc(Cl)cc4)CC3)cc2c1C. The number of ether oxygens (including phenoxy) is 1. The number of carbonyl (C=O) groups excluding carboxylic acids is 2. The molecule has 4 rings (SSSR count). The van der Waals surface area contributed by atoms with Gasteiger partial charge in [-0.3, -0.25) is 14.3 Å². The summed E-state index contributed by atoms with van der Waals surface area (Å²) in [5.74, 6) is 0.357. The summed E-state index contributed by atoms with van der Waals surface area (Å²) >= 11 is 5.96. The second kappa shape index (κ2) is 11.4. The molecule has 1 saturated heterocycles. The fourth-order valence-electron chi connectivity index (χ4n) is 5.37. The van der Waals surface area contributed by atoms with Gasteiger partial charge in [-0.15, -0.1) is 0 Å². The van der Waals surface area contributed by atoms with Crippen LogP contribution in [-0.2, 0) is 11.3 Å². The Morgan fingerprint density at radius 2 is 1.65 bits per heavy atom. The largest absolute Gasteiger partial charge is 0.411 e. The van der Waals surface area contributed by atoms with E-state index in [0.29, 0.717) is 22.1 Å². The van der Waals surface area contributed by atoms with Crippen molar-refractivity contribution in [3.63, 3.8) is 0 Å². The molecule has 0 radical (unpaired) electrons. The molecule has 0 saturated carbocycles. The van der Waals surface area contributed by atoms with Crippen LogP contribution in [0.5, 0.6) is 0 Å². The summed E-state index contributed by atoms with van der Waals surface area (Å²) in [5, 5.41) is 8.10. The maximum atomic E-state index is 13.4. The van der Waals surface area contributed by atoms with E-state index in [2.05, 4.69) is 5.32 Å². The Morgan fingerprint density at radius 1 is 1.02 bits per heavy atom. The fraction of sp³-hybridized carbons (Fsp3) is 0.400. The van der Waals surface area contributed by atoms with Gasteiger partial charge in [0.15, 0.2) is 0 Å². The molecule has 0 bridgehead atoms. The van der Waals surface area contributed by atoms with E-state index in [1.54, 1.807) is 24.3 Å². The Labute approximate surface area is 248 Å². The number of aromatic nitrogens is 2. The van der Waals surface area contributed by atoms with Crippen molar-refractivity contribution in [3.8, 4) is 0 Å².